The Bertz CT molecular complexity index is 774. The molecule has 1 fully saturated rings. The van der Waals surface area contributed by atoms with Crippen LogP contribution in [0.2, 0.25) is 0 Å². The Hall–Kier alpha value is -2.00. The van der Waals surface area contributed by atoms with Crippen LogP contribution in [0.5, 0.6) is 0 Å². The number of benzene rings is 1. The summed E-state index contributed by atoms with van der Waals surface area (Å²) >= 11 is 6.81. The average Bonchev–Trinajstić information content (AvgIpc) is 3.03. The largest absolute Gasteiger partial charge is 0.366 e. The number of carbonyl (C=O) groups is 1. The van der Waals surface area contributed by atoms with Gasteiger partial charge in [0.15, 0.2) is 0 Å². The number of nitrogens with zero attached hydrogens (tertiary/aromatic N) is 1. The molecule has 0 bridgehead atoms. The maximum atomic E-state index is 12.3. The molecule has 3 nitrogen and oxygen atoms in total. The van der Waals surface area contributed by atoms with Crippen LogP contribution in [0.3, 0.4) is 0 Å². The molecule has 0 radical (unpaired) electrons. The summed E-state index contributed by atoms with van der Waals surface area (Å²) in [5, 5.41) is 0.712. The number of aryl methyl sites for hydroxylation is 1. The van der Waals surface area contributed by atoms with Crippen LogP contribution in [0.1, 0.15) is 44.6 Å². The van der Waals surface area contributed by atoms with E-state index in [1.54, 1.807) is 0 Å². The number of amides is 1. The minimum absolute atomic E-state index is 0.366. The Morgan fingerprint density at radius 1 is 1.29 bits per heavy atom. The van der Waals surface area contributed by atoms with Gasteiger partial charge in [0.1, 0.15) is 5.16 Å². The SMILES string of the molecule is CCC/C=C1\C(C(N)=O)=C2CCCC2=C(Cl)N1c1ccccc1C. The molecule has 0 spiro atoms. The molecule has 3 rings (SSSR count). The highest BCUT2D eigenvalue weighted by atomic mass is 35.5. The summed E-state index contributed by atoms with van der Waals surface area (Å²) in [4.78, 5) is 14.3. The molecular formula is C20H23ClN2O. The van der Waals surface area contributed by atoms with Crippen LogP contribution in [-0.4, -0.2) is 5.91 Å². The second-order valence-electron chi connectivity index (χ2n) is 6.34. The van der Waals surface area contributed by atoms with Crippen molar-refractivity contribution in [2.75, 3.05) is 4.90 Å². The summed E-state index contributed by atoms with van der Waals surface area (Å²) in [6.07, 6.45) is 6.75. The molecule has 0 atom stereocenters. The second-order valence-corrected chi connectivity index (χ2v) is 6.70. The van der Waals surface area contributed by atoms with E-state index in [1.807, 2.05) is 23.1 Å². The van der Waals surface area contributed by atoms with Crippen molar-refractivity contribution in [2.24, 2.45) is 5.73 Å². The topological polar surface area (TPSA) is 46.3 Å². The first-order chi connectivity index (χ1) is 11.6. The summed E-state index contributed by atoms with van der Waals surface area (Å²) < 4.78 is 0. The van der Waals surface area contributed by atoms with E-state index in [9.17, 15) is 4.79 Å². The zero-order chi connectivity index (χ0) is 17.3. The van der Waals surface area contributed by atoms with Crippen molar-refractivity contribution in [3.63, 3.8) is 0 Å². The van der Waals surface area contributed by atoms with Crippen molar-refractivity contribution < 1.29 is 4.79 Å². The number of nitrogens with two attached hydrogens (primary N) is 1. The Kier molecular flexibility index (Phi) is 4.81. The molecule has 24 heavy (non-hydrogen) atoms. The number of para-hydroxylation sites is 1. The summed E-state index contributed by atoms with van der Waals surface area (Å²) in [7, 11) is 0. The fraction of sp³-hybridized carbons (Fsp3) is 0.350. The standard InChI is InChI=1S/C20H23ClN2O/c1-3-4-11-17-18(20(22)24)14-9-7-10-15(14)19(21)23(17)16-12-6-5-8-13(16)2/h5-6,8,11-12H,3-4,7,9-10H2,1-2H3,(H2,22,24)/b17-11+. The number of anilines is 1. The van der Waals surface area contributed by atoms with Crippen LogP contribution in [0.25, 0.3) is 0 Å². The number of unbranched alkanes of at least 4 members (excludes halogenated alkanes) is 1. The van der Waals surface area contributed by atoms with E-state index >= 15 is 0 Å². The molecule has 1 aliphatic carbocycles. The Labute approximate surface area is 148 Å². The van der Waals surface area contributed by atoms with Crippen molar-refractivity contribution >= 4 is 23.2 Å². The van der Waals surface area contributed by atoms with Crippen LogP contribution in [0.4, 0.5) is 5.69 Å². The van der Waals surface area contributed by atoms with E-state index in [0.717, 1.165) is 60.2 Å². The molecule has 2 aliphatic rings. The highest BCUT2D eigenvalue weighted by Crippen LogP contribution is 2.47. The lowest BCUT2D eigenvalue weighted by Crippen LogP contribution is -2.32. The molecular weight excluding hydrogens is 320 g/mol. The Balaban J connectivity index is 2.25. The molecule has 1 aromatic rings. The lowest BCUT2D eigenvalue weighted by molar-refractivity contribution is -0.114. The predicted molar refractivity (Wildman–Crippen MR) is 99.6 cm³/mol. The fourth-order valence-corrected chi connectivity index (χ4v) is 3.94. The highest BCUT2D eigenvalue weighted by molar-refractivity contribution is 6.33. The number of halogens is 1. The van der Waals surface area contributed by atoms with E-state index < -0.39 is 0 Å². The van der Waals surface area contributed by atoms with Crippen LogP contribution in [0.15, 0.2) is 57.9 Å². The van der Waals surface area contributed by atoms with Gasteiger partial charge in [-0.25, -0.2) is 0 Å². The van der Waals surface area contributed by atoms with Gasteiger partial charge >= 0.3 is 0 Å². The van der Waals surface area contributed by atoms with Gasteiger partial charge in [0, 0.05) is 5.69 Å². The first-order valence-electron chi connectivity index (χ1n) is 8.54. The quantitative estimate of drug-likeness (QED) is 0.790. The summed E-state index contributed by atoms with van der Waals surface area (Å²) in [6, 6.07) is 8.09. The Morgan fingerprint density at radius 2 is 2.00 bits per heavy atom. The Morgan fingerprint density at radius 3 is 2.67 bits per heavy atom. The number of primary amides is 1. The second kappa shape index (κ2) is 6.86. The molecule has 2 N–H and O–H groups in total. The van der Waals surface area contributed by atoms with Crippen molar-refractivity contribution in [2.45, 2.75) is 46.0 Å². The smallest absolute Gasteiger partial charge is 0.251 e. The van der Waals surface area contributed by atoms with Crippen molar-refractivity contribution in [3.8, 4) is 0 Å². The van der Waals surface area contributed by atoms with Gasteiger partial charge in [0.05, 0.1) is 11.3 Å². The monoisotopic (exact) mass is 342 g/mol. The number of hydrogen-bond donors (Lipinski definition) is 1. The fourth-order valence-electron chi connectivity index (χ4n) is 3.55. The molecule has 0 aromatic heterocycles. The van der Waals surface area contributed by atoms with E-state index in [2.05, 4.69) is 26.0 Å². The number of rotatable bonds is 4. The van der Waals surface area contributed by atoms with Crippen LogP contribution in [0, 0.1) is 6.92 Å². The van der Waals surface area contributed by atoms with Gasteiger partial charge in [-0.1, -0.05) is 49.2 Å². The van der Waals surface area contributed by atoms with Gasteiger partial charge < -0.3 is 5.73 Å². The van der Waals surface area contributed by atoms with Crippen LogP contribution in [-0.2, 0) is 4.79 Å². The first-order valence-corrected chi connectivity index (χ1v) is 8.92. The number of carbonyl (C=O) groups excluding carboxylic acids is 1. The van der Waals surface area contributed by atoms with E-state index in [0.29, 0.717) is 10.7 Å². The molecule has 1 heterocycles. The van der Waals surface area contributed by atoms with Gasteiger partial charge in [-0.2, -0.15) is 0 Å². The number of hydrogen-bond acceptors (Lipinski definition) is 2. The zero-order valence-corrected chi connectivity index (χ0v) is 15.0. The summed E-state index contributed by atoms with van der Waals surface area (Å²) in [5.74, 6) is -0.366. The molecule has 1 aliphatic heterocycles. The molecule has 1 saturated carbocycles. The minimum atomic E-state index is -0.366. The molecule has 0 saturated heterocycles. The average molecular weight is 343 g/mol. The third-order valence-corrected chi connectivity index (χ3v) is 5.09. The van der Waals surface area contributed by atoms with E-state index in [-0.39, 0.29) is 5.91 Å². The lowest BCUT2D eigenvalue weighted by Gasteiger charge is -2.34. The molecule has 0 unspecified atom stereocenters. The van der Waals surface area contributed by atoms with E-state index in [4.69, 9.17) is 17.3 Å². The van der Waals surface area contributed by atoms with Gasteiger partial charge in [-0.15, -0.1) is 0 Å². The summed E-state index contributed by atoms with van der Waals surface area (Å²) in [5.41, 5.74) is 11.5. The lowest BCUT2D eigenvalue weighted by atomic mass is 9.94. The third-order valence-electron chi connectivity index (χ3n) is 4.69. The van der Waals surface area contributed by atoms with Crippen molar-refractivity contribution in [1.29, 1.82) is 0 Å². The highest BCUT2D eigenvalue weighted by Gasteiger charge is 2.35. The molecule has 1 aromatic carbocycles. The van der Waals surface area contributed by atoms with E-state index in [1.165, 1.54) is 0 Å². The van der Waals surface area contributed by atoms with Crippen LogP contribution >= 0.6 is 11.6 Å². The molecule has 4 heteroatoms. The van der Waals surface area contributed by atoms with Crippen LogP contribution < -0.4 is 10.6 Å². The third kappa shape index (κ3) is 2.78. The van der Waals surface area contributed by atoms with Crippen molar-refractivity contribution in [1.82, 2.24) is 0 Å². The van der Waals surface area contributed by atoms with Gasteiger partial charge in [0.25, 0.3) is 5.91 Å². The summed E-state index contributed by atoms with van der Waals surface area (Å²) in [6.45, 7) is 4.17. The van der Waals surface area contributed by atoms with Crippen molar-refractivity contribution in [3.05, 3.63) is 63.5 Å². The van der Waals surface area contributed by atoms with Gasteiger partial charge in [-0.3, -0.25) is 9.69 Å². The molecule has 126 valence electrons. The predicted octanol–water partition coefficient (Wildman–Crippen LogP) is 4.92. The number of allylic oxidation sites excluding steroid dienone is 3. The maximum absolute atomic E-state index is 12.3. The zero-order valence-electron chi connectivity index (χ0n) is 14.2. The van der Waals surface area contributed by atoms with Gasteiger partial charge in [-0.05, 0) is 55.4 Å². The first kappa shape index (κ1) is 16.8. The maximum Gasteiger partial charge on any atom is 0.251 e. The molecule has 1 amide bonds. The van der Waals surface area contributed by atoms with Gasteiger partial charge in [0.2, 0.25) is 0 Å². The minimum Gasteiger partial charge on any atom is -0.366 e. The number of fused-ring (bicyclic) bond motifs is 1. The normalized spacial score (nSPS) is 19.3.